The van der Waals surface area contributed by atoms with Crippen LogP contribution in [-0.2, 0) is 6.18 Å². The molecule has 0 bridgehead atoms. The van der Waals surface area contributed by atoms with Gasteiger partial charge in [0.05, 0.1) is 18.1 Å². The standard InChI is InChI=1S/C21H20F3N3O3/c1-2-29-16-10-9-13-6-3-4-8-15(13)17(16)19(28)27-11-5-7-14(12-27)18-25-26-20(30-18)21(22,23)24/h3-4,6,8-10,14H,2,5,7,11-12H2,1H3. The Kier molecular flexibility index (Phi) is 5.36. The number of rotatable bonds is 4. The molecule has 2 aromatic carbocycles. The summed E-state index contributed by atoms with van der Waals surface area (Å²) < 4.78 is 48.9. The summed E-state index contributed by atoms with van der Waals surface area (Å²) >= 11 is 0. The third-order valence-corrected chi connectivity index (χ3v) is 5.15. The van der Waals surface area contributed by atoms with Crippen molar-refractivity contribution in [2.24, 2.45) is 0 Å². The first-order chi connectivity index (χ1) is 14.4. The van der Waals surface area contributed by atoms with E-state index in [1.54, 1.807) is 11.0 Å². The van der Waals surface area contributed by atoms with E-state index < -0.39 is 18.0 Å². The van der Waals surface area contributed by atoms with Crippen LogP contribution in [0, 0.1) is 0 Å². The number of piperidine rings is 1. The summed E-state index contributed by atoms with van der Waals surface area (Å²) in [7, 11) is 0. The van der Waals surface area contributed by atoms with E-state index in [9.17, 15) is 18.0 Å². The Balaban J connectivity index is 1.64. The summed E-state index contributed by atoms with van der Waals surface area (Å²) in [6.07, 6.45) is -3.50. The molecule has 1 atom stereocenters. The highest BCUT2D eigenvalue weighted by Gasteiger charge is 2.39. The van der Waals surface area contributed by atoms with Crippen molar-refractivity contribution in [1.29, 1.82) is 0 Å². The van der Waals surface area contributed by atoms with Crippen LogP contribution in [0.3, 0.4) is 0 Å². The van der Waals surface area contributed by atoms with Crippen molar-refractivity contribution >= 4 is 16.7 Å². The molecular weight excluding hydrogens is 399 g/mol. The number of hydrogen-bond donors (Lipinski definition) is 0. The number of amides is 1. The van der Waals surface area contributed by atoms with Crippen molar-refractivity contribution in [2.75, 3.05) is 19.7 Å². The van der Waals surface area contributed by atoms with Gasteiger partial charge < -0.3 is 14.1 Å². The van der Waals surface area contributed by atoms with Crippen LogP contribution in [-0.4, -0.2) is 40.7 Å². The van der Waals surface area contributed by atoms with Crippen LogP contribution in [0.2, 0.25) is 0 Å². The van der Waals surface area contributed by atoms with Crippen LogP contribution in [0.5, 0.6) is 5.75 Å². The molecule has 0 aliphatic carbocycles. The molecule has 0 N–H and O–H groups in total. The molecule has 0 radical (unpaired) electrons. The van der Waals surface area contributed by atoms with Crippen LogP contribution in [0.15, 0.2) is 40.8 Å². The molecule has 1 unspecified atom stereocenters. The molecule has 1 aliphatic heterocycles. The fourth-order valence-electron chi connectivity index (χ4n) is 3.78. The molecule has 1 fully saturated rings. The van der Waals surface area contributed by atoms with Gasteiger partial charge in [0.2, 0.25) is 5.89 Å². The van der Waals surface area contributed by atoms with E-state index in [2.05, 4.69) is 10.2 Å². The highest BCUT2D eigenvalue weighted by molar-refractivity contribution is 6.09. The van der Waals surface area contributed by atoms with Gasteiger partial charge in [-0.2, -0.15) is 13.2 Å². The summed E-state index contributed by atoms with van der Waals surface area (Å²) in [6.45, 7) is 2.94. The maximum atomic E-state index is 13.4. The average molecular weight is 419 g/mol. The molecule has 0 spiro atoms. The minimum absolute atomic E-state index is 0.0947. The van der Waals surface area contributed by atoms with Crippen LogP contribution >= 0.6 is 0 Å². The lowest BCUT2D eigenvalue weighted by Crippen LogP contribution is -2.39. The third-order valence-electron chi connectivity index (χ3n) is 5.15. The largest absolute Gasteiger partial charge is 0.493 e. The van der Waals surface area contributed by atoms with Crippen molar-refractivity contribution < 1.29 is 27.1 Å². The molecular formula is C21H20F3N3O3. The van der Waals surface area contributed by atoms with E-state index in [0.29, 0.717) is 37.3 Å². The molecule has 9 heteroatoms. The fourth-order valence-corrected chi connectivity index (χ4v) is 3.78. The number of aromatic nitrogens is 2. The Bertz CT molecular complexity index is 1060. The topological polar surface area (TPSA) is 68.5 Å². The van der Waals surface area contributed by atoms with Crippen molar-refractivity contribution in [3.8, 4) is 5.75 Å². The normalized spacial score (nSPS) is 17.3. The van der Waals surface area contributed by atoms with E-state index in [1.807, 2.05) is 37.3 Å². The number of benzene rings is 2. The number of nitrogens with zero attached hydrogens (tertiary/aromatic N) is 3. The second kappa shape index (κ2) is 7.97. The van der Waals surface area contributed by atoms with E-state index in [-0.39, 0.29) is 18.3 Å². The smallest absolute Gasteiger partial charge is 0.470 e. The molecule has 4 rings (SSSR count). The number of carbonyl (C=O) groups is 1. The summed E-state index contributed by atoms with van der Waals surface area (Å²) in [5.74, 6) is -1.65. The summed E-state index contributed by atoms with van der Waals surface area (Å²) in [6, 6.07) is 11.2. The minimum atomic E-state index is -4.69. The average Bonchev–Trinajstić information content (AvgIpc) is 3.24. The molecule has 1 aromatic heterocycles. The van der Waals surface area contributed by atoms with Crippen LogP contribution in [0.4, 0.5) is 13.2 Å². The molecule has 2 heterocycles. The second-order valence-corrected chi connectivity index (χ2v) is 7.13. The van der Waals surface area contributed by atoms with Gasteiger partial charge in [0.25, 0.3) is 5.91 Å². The van der Waals surface area contributed by atoms with Crippen molar-refractivity contribution in [2.45, 2.75) is 31.9 Å². The number of halogens is 3. The van der Waals surface area contributed by atoms with Gasteiger partial charge in [-0.1, -0.05) is 30.3 Å². The van der Waals surface area contributed by atoms with Gasteiger partial charge in [-0.15, -0.1) is 10.2 Å². The van der Waals surface area contributed by atoms with Gasteiger partial charge >= 0.3 is 12.1 Å². The number of ether oxygens (including phenoxy) is 1. The number of carbonyl (C=O) groups excluding carboxylic acids is 1. The molecule has 1 aliphatic rings. The maximum absolute atomic E-state index is 13.4. The Morgan fingerprint density at radius 1 is 1.23 bits per heavy atom. The van der Waals surface area contributed by atoms with Gasteiger partial charge in [-0.3, -0.25) is 4.79 Å². The first kappa shape index (κ1) is 20.2. The number of likely N-dealkylation sites (tertiary alicyclic amines) is 1. The summed E-state index contributed by atoms with van der Waals surface area (Å²) in [5, 5.41) is 8.35. The maximum Gasteiger partial charge on any atom is 0.470 e. The molecule has 30 heavy (non-hydrogen) atoms. The highest BCUT2D eigenvalue weighted by Crippen LogP contribution is 2.34. The third kappa shape index (κ3) is 3.83. The van der Waals surface area contributed by atoms with Crippen LogP contribution < -0.4 is 4.74 Å². The Labute approximate surface area is 170 Å². The van der Waals surface area contributed by atoms with E-state index in [4.69, 9.17) is 9.15 Å². The van der Waals surface area contributed by atoms with Gasteiger partial charge in [0.1, 0.15) is 5.75 Å². The van der Waals surface area contributed by atoms with Gasteiger partial charge in [-0.25, -0.2) is 0 Å². The zero-order chi connectivity index (χ0) is 21.3. The predicted octanol–water partition coefficient (Wildman–Crippen LogP) is 4.66. The number of fused-ring (bicyclic) bond motifs is 1. The second-order valence-electron chi connectivity index (χ2n) is 7.13. The first-order valence-corrected chi connectivity index (χ1v) is 9.73. The lowest BCUT2D eigenvalue weighted by Gasteiger charge is -2.32. The first-order valence-electron chi connectivity index (χ1n) is 9.73. The lowest BCUT2D eigenvalue weighted by molar-refractivity contribution is -0.157. The van der Waals surface area contributed by atoms with E-state index >= 15 is 0 Å². The molecule has 158 valence electrons. The number of hydrogen-bond acceptors (Lipinski definition) is 5. The molecule has 6 nitrogen and oxygen atoms in total. The van der Waals surface area contributed by atoms with Gasteiger partial charge in [-0.05, 0) is 36.6 Å². The zero-order valence-electron chi connectivity index (χ0n) is 16.3. The van der Waals surface area contributed by atoms with Gasteiger partial charge in [0.15, 0.2) is 0 Å². The Morgan fingerprint density at radius 3 is 2.77 bits per heavy atom. The van der Waals surface area contributed by atoms with Crippen molar-refractivity contribution in [3.63, 3.8) is 0 Å². The zero-order valence-corrected chi connectivity index (χ0v) is 16.3. The van der Waals surface area contributed by atoms with Gasteiger partial charge in [0, 0.05) is 13.1 Å². The summed E-state index contributed by atoms with van der Waals surface area (Å²) in [5.41, 5.74) is 0.456. The SMILES string of the molecule is CCOc1ccc2ccccc2c1C(=O)N1CCCC(c2nnc(C(F)(F)F)o2)C1. The summed E-state index contributed by atoms with van der Waals surface area (Å²) in [4.78, 5) is 15.1. The van der Waals surface area contributed by atoms with Crippen molar-refractivity contribution in [3.05, 3.63) is 53.7 Å². The quantitative estimate of drug-likeness (QED) is 0.615. The Morgan fingerprint density at radius 2 is 2.03 bits per heavy atom. The molecule has 3 aromatic rings. The lowest BCUT2D eigenvalue weighted by atomic mass is 9.96. The minimum Gasteiger partial charge on any atom is -0.493 e. The van der Waals surface area contributed by atoms with Crippen LogP contribution in [0.25, 0.3) is 10.8 Å². The van der Waals surface area contributed by atoms with Crippen LogP contribution in [0.1, 0.15) is 47.8 Å². The monoisotopic (exact) mass is 419 g/mol. The molecule has 1 amide bonds. The number of alkyl halides is 3. The predicted molar refractivity (Wildman–Crippen MR) is 102 cm³/mol. The highest BCUT2D eigenvalue weighted by atomic mass is 19.4. The van der Waals surface area contributed by atoms with Crippen molar-refractivity contribution in [1.82, 2.24) is 15.1 Å². The van der Waals surface area contributed by atoms with E-state index in [0.717, 1.165) is 10.8 Å². The molecule has 1 saturated heterocycles. The Hall–Kier alpha value is -3.10. The fraction of sp³-hybridized carbons (Fsp3) is 0.381. The molecule has 0 saturated carbocycles. The van der Waals surface area contributed by atoms with E-state index in [1.165, 1.54) is 0 Å².